The SMILES string of the molecule is COC(=O)c1sc2nc(C[NH2+]C34CC5CC(CC(C5)C3)C4)[nH]c(=O)c2c1C. The highest BCUT2D eigenvalue weighted by Crippen LogP contribution is 2.54. The van der Waals surface area contributed by atoms with Crippen molar-refractivity contribution in [2.24, 2.45) is 17.8 Å². The van der Waals surface area contributed by atoms with Crippen LogP contribution in [0.3, 0.4) is 0 Å². The molecule has 0 atom stereocenters. The van der Waals surface area contributed by atoms with Crippen LogP contribution in [-0.4, -0.2) is 28.6 Å². The summed E-state index contributed by atoms with van der Waals surface area (Å²) in [5, 5.41) is 2.96. The number of nitrogens with two attached hydrogens (primary N) is 1. The largest absolute Gasteiger partial charge is 0.465 e. The third kappa shape index (κ3) is 2.83. The van der Waals surface area contributed by atoms with E-state index in [-0.39, 0.29) is 5.56 Å². The zero-order valence-electron chi connectivity index (χ0n) is 15.8. The second-order valence-corrected chi connectivity index (χ2v) is 9.93. The molecular weight excluding hydrogens is 362 g/mol. The summed E-state index contributed by atoms with van der Waals surface area (Å²) < 4.78 is 4.83. The Morgan fingerprint density at radius 3 is 2.48 bits per heavy atom. The zero-order valence-corrected chi connectivity index (χ0v) is 16.7. The second kappa shape index (κ2) is 6.14. The maximum Gasteiger partial charge on any atom is 0.348 e. The van der Waals surface area contributed by atoms with Gasteiger partial charge in [0.25, 0.3) is 5.56 Å². The molecule has 6 nitrogen and oxygen atoms in total. The maximum absolute atomic E-state index is 12.6. The van der Waals surface area contributed by atoms with Crippen LogP contribution in [0.15, 0.2) is 4.79 Å². The van der Waals surface area contributed by atoms with Crippen molar-refractivity contribution in [3.63, 3.8) is 0 Å². The number of H-pyrrole nitrogens is 1. The Kier molecular flexibility index (Phi) is 3.95. The van der Waals surface area contributed by atoms with E-state index >= 15 is 0 Å². The normalized spacial score (nSPS) is 31.6. The lowest BCUT2D eigenvalue weighted by Gasteiger charge is -2.54. The molecule has 4 bridgehead atoms. The number of esters is 1. The molecule has 0 aliphatic heterocycles. The van der Waals surface area contributed by atoms with Gasteiger partial charge >= 0.3 is 5.97 Å². The summed E-state index contributed by atoms with van der Waals surface area (Å²) >= 11 is 1.25. The number of carbonyl (C=O) groups is 1. The van der Waals surface area contributed by atoms with E-state index in [0.717, 1.165) is 17.8 Å². The third-order valence-electron chi connectivity index (χ3n) is 7.03. The number of hydrogen-bond acceptors (Lipinski definition) is 5. The van der Waals surface area contributed by atoms with Gasteiger partial charge in [0.1, 0.15) is 16.3 Å². The van der Waals surface area contributed by atoms with Crippen LogP contribution in [0.25, 0.3) is 10.2 Å². The van der Waals surface area contributed by atoms with Crippen LogP contribution in [0.4, 0.5) is 0 Å². The van der Waals surface area contributed by atoms with E-state index < -0.39 is 5.97 Å². The molecule has 0 unspecified atom stereocenters. The molecule has 27 heavy (non-hydrogen) atoms. The summed E-state index contributed by atoms with van der Waals surface area (Å²) in [5.74, 6) is 3.02. The fourth-order valence-electron chi connectivity index (χ4n) is 6.31. The Morgan fingerprint density at radius 2 is 1.89 bits per heavy atom. The molecule has 0 radical (unpaired) electrons. The summed E-state index contributed by atoms with van der Waals surface area (Å²) in [6.45, 7) is 2.48. The topological polar surface area (TPSA) is 88.7 Å². The van der Waals surface area contributed by atoms with Crippen LogP contribution >= 0.6 is 11.3 Å². The van der Waals surface area contributed by atoms with Gasteiger partial charge in [-0.05, 0) is 49.5 Å². The Balaban J connectivity index is 1.41. The standard InChI is InChI=1S/C20H25N3O3S/c1-10-15-17(24)22-14(23-18(15)27-16(10)19(25)26-2)9-21-20-6-11-3-12(7-20)5-13(4-11)8-20/h11-13,21H,3-9H2,1-2H3,(H,22,23,24)/p+1. The number of thiophene rings is 1. The van der Waals surface area contributed by atoms with Gasteiger partial charge in [-0.3, -0.25) is 4.79 Å². The lowest BCUT2D eigenvalue weighted by atomic mass is 9.53. The molecule has 0 saturated heterocycles. The highest BCUT2D eigenvalue weighted by Gasteiger charge is 2.53. The maximum atomic E-state index is 12.6. The number of quaternary nitrogens is 1. The van der Waals surface area contributed by atoms with Crippen LogP contribution in [0.1, 0.15) is 59.6 Å². The predicted molar refractivity (Wildman–Crippen MR) is 103 cm³/mol. The van der Waals surface area contributed by atoms with E-state index in [9.17, 15) is 9.59 Å². The number of aromatic nitrogens is 2. The van der Waals surface area contributed by atoms with Crippen molar-refractivity contribution in [1.82, 2.24) is 9.97 Å². The zero-order chi connectivity index (χ0) is 18.8. The number of hydrogen-bond donors (Lipinski definition) is 2. The first-order valence-electron chi connectivity index (χ1n) is 9.91. The first-order valence-corrected chi connectivity index (χ1v) is 10.7. The Labute approximate surface area is 161 Å². The number of ether oxygens (including phenoxy) is 1. The van der Waals surface area contributed by atoms with Crippen molar-refractivity contribution in [3.8, 4) is 0 Å². The van der Waals surface area contributed by atoms with Crippen LogP contribution in [0.2, 0.25) is 0 Å². The number of carbonyl (C=O) groups excluding carboxylic acids is 1. The molecule has 3 N–H and O–H groups in total. The van der Waals surface area contributed by atoms with Gasteiger partial charge in [0.05, 0.1) is 18.0 Å². The smallest absolute Gasteiger partial charge is 0.348 e. The molecule has 2 aromatic heterocycles. The fourth-order valence-corrected chi connectivity index (χ4v) is 7.43. The van der Waals surface area contributed by atoms with Gasteiger partial charge in [-0.2, -0.15) is 0 Å². The Morgan fingerprint density at radius 1 is 1.26 bits per heavy atom. The van der Waals surface area contributed by atoms with E-state index in [1.165, 1.54) is 57.0 Å². The van der Waals surface area contributed by atoms with Crippen molar-refractivity contribution >= 4 is 27.5 Å². The minimum absolute atomic E-state index is 0.155. The molecule has 7 heteroatoms. The molecular formula is C20H26N3O3S+. The quantitative estimate of drug-likeness (QED) is 0.785. The lowest BCUT2D eigenvalue weighted by Crippen LogP contribution is -2.97. The highest BCUT2D eigenvalue weighted by molar-refractivity contribution is 7.20. The van der Waals surface area contributed by atoms with Crippen molar-refractivity contribution in [1.29, 1.82) is 0 Å². The van der Waals surface area contributed by atoms with Gasteiger partial charge in [0.2, 0.25) is 0 Å². The van der Waals surface area contributed by atoms with Crippen molar-refractivity contribution in [3.05, 3.63) is 26.6 Å². The highest BCUT2D eigenvalue weighted by atomic mass is 32.1. The van der Waals surface area contributed by atoms with Gasteiger partial charge in [-0.15, -0.1) is 11.3 Å². The average molecular weight is 389 g/mol. The molecule has 4 fully saturated rings. The van der Waals surface area contributed by atoms with E-state index in [0.29, 0.717) is 38.6 Å². The number of rotatable bonds is 4. The van der Waals surface area contributed by atoms with Crippen molar-refractivity contribution in [2.75, 3.05) is 7.11 Å². The molecule has 144 valence electrons. The van der Waals surface area contributed by atoms with Gasteiger partial charge in [-0.25, -0.2) is 9.78 Å². The van der Waals surface area contributed by atoms with E-state index in [4.69, 9.17) is 4.74 Å². The minimum atomic E-state index is -0.406. The molecule has 0 aromatic carbocycles. The van der Waals surface area contributed by atoms with E-state index in [1.54, 1.807) is 6.92 Å². The number of aryl methyl sites for hydroxylation is 1. The molecule has 4 aliphatic rings. The van der Waals surface area contributed by atoms with E-state index in [1.807, 2.05) is 0 Å². The number of fused-ring (bicyclic) bond motifs is 1. The average Bonchev–Trinajstić information content (AvgIpc) is 2.95. The summed E-state index contributed by atoms with van der Waals surface area (Å²) in [6, 6.07) is 0. The molecule has 2 heterocycles. The second-order valence-electron chi connectivity index (χ2n) is 8.93. The summed E-state index contributed by atoms with van der Waals surface area (Å²) in [5.41, 5.74) is 0.857. The van der Waals surface area contributed by atoms with E-state index in [2.05, 4.69) is 15.3 Å². The van der Waals surface area contributed by atoms with Crippen molar-refractivity contribution < 1.29 is 14.8 Å². The number of methoxy groups -OCH3 is 1. The lowest BCUT2D eigenvalue weighted by molar-refractivity contribution is -0.753. The molecule has 0 spiro atoms. The monoisotopic (exact) mass is 388 g/mol. The number of aromatic amines is 1. The molecule has 4 saturated carbocycles. The van der Waals surface area contributed by atoms with Crippen LogP contribution in [0.5, 0.6) is 0 Å². The fraction of sp³-hybridized carbons (Fsp3) is 0.650. The first-order chi connectivity index (χ1) is 13.0. The molecule has 6 rings (SSSR count). The van der Waals surface area contributed by atoms with Crippen LogP contribution in [0, 0.1) is 24.7 Å². The van der Waals surface area contributed by atoms with Crippen molar-refractivity contribution in [2.45, 2.75) is 57.5 Å². The summed E-state index contributed by atoms with van der Waals surface area (Å²) in [4.78, 5) is 33.3. The molecule has 4 aliphatic carbocycles. The summed E-state index contributed by atoms with van der Waals surface area (Å²) in [7, 11) is 1.36. The van der Waals surface area contributed by atoms with Gasteiger partial charge < -0.3 is 15.0 Å². The first kappa shape index (κ1) is 17.4. The molecule has 0 amide bonds. The number of nitrogens with zero attached hydrogens (tertiary/aromatic N) is 1. The Hall–Kier alpha value is -1.73. The summed E-state index contributed by atoms with van der Waals surface area (Å²) in [6.07, 6.45) is 8.24. The minimum Gasteiger partial charge on any atom is -0.465 e. The van der Waals surface area contributed by atoms with Crippen LogP contribution in [-0.2, 0) is 11.3 Å². The van der Waals surface area contributed by atoms with Gasteiger partial charge in [-0.1, -0.05) is 0 Å². The Bertz CT molecular complexity index is 941. The number of nitrogens with one attached hydrogen (secondary N) is 1. The van der Waals surface area contributed by atoms with Gasteiger partial charge in [0, 0.05) is 19.3 Å². The third-order valence-corrected chi connectivity index (χ3v) is 8.20. The van der Waals surface area contributed by atoms with Crippen LogP contribution < -0.4 is 10.9 Å². The van der Waals surface area contributed by atoms with Gasteiger partial charge in [0.15, 0.2) is 5.82 Å². The predicted octanol–water partition coefficient (Wildman–Crippen LogP) is 2.11. The molecule has 2 aromatic rings.